The first-order chi connectivity index (χ1) is 11.2. The number of halogens is 5. The molecule has 1 unspecified atom stereocenters. The Bertz CT molecular complexity index is 883. The summed E-state index contributed by atoms with van der Waals surface area (Å²) in [5.41, 5.74) is -0.608. The number of nitrogens with zero attached hydrogens (tertiary/aromatic N) is 3. The third-order valence-electron chi connectivity index (χ3n) is 3.73. The van der Waals surface area contributed by atoms with Gasteiger partial charge in [0.2, 0.25) is 0 Å². The van der Waals surface area contributed by atoms with Gasteiger partial charge in [0.25, 0.3) is 0 Å². The summed E-state index contributed by atoms with van der Waals surface area (Å²) < 4.78 is 41.5. The highest BCUT2D eigenvalue weighted by Crippen LogP contribution is 2.38. The van der Waals surface area contributed by atoms with E-state index in [-0.39, 0.29) is 17.7 Å². The maximum atomic E-state index is 13.3. The van der Waals surface area contributed by atoms with Crippen LogP contribution in [0.15, 0.2) is 22.7 Å². The lowest BCUT2D eigenvalue weighted by Gasteiger charge is -2.18. The zero-order chi connectivity index (χ0) is 17.6. The van der Waals surface area contributed by atoms with E-state index in [1.807, 2.05) is 6.07 Å². The van der Waals surface area contributed by atoms with Crippen LogP contribution in [0.2, 0.25) is 0 Å². The zero-order valence-corrected chi connectivity index (χ0v) is 15.0. The second kappa shape index (κ2) is 6.01. The Morgan fingerprint density at radius 1 is 1.38 bits per heavy atom. The second-order valence-corrected chi connectivity index (χ2v) is 7.19. The third kappa shape index (κ3) is 2.78. The Labute approximate surface area is 151 Å². The molecule has 124 valence electrons. The van der Waals surface area contributed by atoms with Crippen LogP contribution in [0.4, 0.5) is 13.2 Å². The van der Waals surface area contributed by atoms with Crippen molar-refractivity contribution in [3.8, 4) is 11.8 Å². The van der Waals surface area contributed by atoms with Gasteiger partial charge in [0.1, 0.15) is 6.07 Å². The SMILES string of the molecule is N#Cc1ccc(-n2nc(C(F)(F)F)c3c2CCC(Br)C3=O)cc1Br. The van der Waals surface area contributed by atoms with Crippen LogP contribution in [0.25, 0.3) is 5.69 Å². The summed E-state index contributed by atoms with van der Waals surface area (Å²) in [6.07, 6.45) is -4.04. The van der Waals surface area contributed by atoms with Gasteiger partial charge < -0.3 is 0 Å². The zero-order valence-electron chi connectivity index (χ0n) is 11.9. The van der Waals surface area contributed by atoms with E-state index in [2.05, 4.69) is 37.0 Å². The van der Waals surface area contributed by atoms with Crippen molar-refractivity contribution >= 4 is 37.6 Å². The summed E-state index contributed by atoms with van der Waals surface area (Å²) in [5, 5.41) is 12.6. The number of nitriles is 1. The number of alkyl halides is 4. The van der Waals surface area contributed by atoms with Gasteiger partial charge >= 0.3 is 6.18 Å². The number of fused-ring (bicyclic) bond motifs is 1. The summed E-state index contributed by atoms with van der Waals surface area (Å²) in [6, 6.07) is 6.46. The molecule has 0 bridgehead atoms. The van der Waals surface area contributed by atoms with E-state index in [1.165, 1.54) is 18.2 Å². The number of carbonyl (C=O) groups excluding carboxylic acids is 1. The lowest BCUT2D eigenvalue weighted by molar-refractivity contribution is -0.141. The fourth-order valence-electron chi connectivity index (χ4n) is 2.63. The van der Waals surface area contributed by atoms with Crippen molar-refractivity contribution in [2.24, 2.45) is 0 Å². The van der Waals surface area contributed by atoms with Crippen LogP contribution in [0.5, 0.6) is 0 Å². The Hall–Kier alpha value is -1.66. The van der Waals surface area contributed by atoms with Gasteiger partial charge in [0.05, 0.1) is 27.3 Å². The van der Waals surface area contributed by atoms with E-state index in [1.54, 1.807) is 0 Å². The van der Waals surface area contributed by atoms with E-state index in [9.17, 15) is 18.0 Å². The summed E-state index contributed by atoms with van der Waals surface area (Å²) in [5.74, 6) is -0.609. The highest BCUT2D eigenvalue weighted by atomic mass is 79.9. The molecule has 1 atom stereocenters. The van der Waals surface area contributed by atoms with Crippen molar-refractivity contribution < 1.29 is 18.0 Å². The average molecular weight is 463 g/mol. The van der Waals surface area contributed by atoms with Crippen LogP contribution in [-0.2, 0) is 12.6 Å². The van der Waals surface area contributed by atoms with Crippen molar-refractivity contribution in [3.63, 3.8) is 0 Å². The number of aromatic nitrogens is 2. The van der Waals surface area contributed by atoms with Crippen LogP contribution in [0.3, 0.4) is 0 Å². The van der Waals surface area contributed by atoms with Crippen LogP contribution in [0.1, 0.15) is 33.7 Å². The van der Waals surface area contributed by atoms with E-state index in [4.69, 9.17) is 5.26 Å². The van der Waals surface area contributed by atoms with Crippen molar-refractivity contribution in [3.05, 3.63) is 45.2 Å². The van der Waals surface area contributed by atoms with E-state index in [0.717, 1.165) is 4.68 Å². The number of Topliss-reactive ketones (excluding diaryl/α,β-unsaturated/α-hetero) is 1. The highest BCUT2D eigenvalue weighted by molar-refractivity contribution is 9.10. The third-order valence-corrected chi connectivity index (χ3v) is 5.26. The first-order valence-electron chi connectivity index (χ1n) is 6.81. The molecule has 4 nitrogen and oxygen atoms in total. The van der Waals surface area contributed by atoms with Crippen LogP contribution in [-0.4, -0.2) is 20.4 Å². The minimum atomic E-state index is -4.72. The smallest absolute Gasteiger partial charge is 0.293 e. The van der Waals surface area contributed by atoms with Gasteiger partial charge in [0, 0.05) is 4.47 Å². The van der Waals surface area contributed by atoms with Crippen LogP contribution < -0.4 is 0 Å². The molecular formula is C15H8Br2F3N3O. The number of benzene rings is 1. The van der Waals surface area contributed by atoms with Gasteiger partial charge in [0.15, 0.2) is 11.5 Å². The van der Waals surface area contributed by atoms with Crippen LogP contribution >= 0.6 is 31.9 Å². The molecule has 24 heavy (non-hydrogen) atoms. The minimum absolute atomic E-state index is 0.236. The molecule has 1 aliphatic carbocycles. The summed E-state index contributed by atoms with van der Waals surface area (Å²) in [7, 11) is 0. The number of hydrogen-bond acceptors (Lipinski definition) is 3. The number of rotatable bonds is 1. The first kappa shape index (κ1) is 17.2. The van der Waals surface area contributed by atoms with E-state index >= 15 is 0 Å². The fraction of sp³-hybridized carbons (Fsp3) is 0.267. The summed E-state index contributed by atoms with van der Waals surface area (Å²) in [6.45, 7) is 0. The molecule has 0 spiro atoms. The number of carbonyl (C=O) groups is 1. The molecule has 0 N–H and O–H groups in total. The normalized spacial score (nSPS) is 17.5. The molecule has 0 fully saturated rings. The van der Waals surface area contributed by atoms with E-state index < -0.39 is 22.5 Å². The second-order valence-electron chi connectivity index (χ2n) is 5.23. The molecular weight excluding hydrogens is 455 g/mol. The molecule has 0 radical (unpaired) electrons. The predicted molar refractivity (Wildman–Crippen MR) is 86.3 cm³/mol. The quantitative estimate of drug-likeness (QED) is 0.589. The molecule has 3 rings (SSSR count). The molecule has 1 aliphatic rings. The standard InChI is InChI=1S/C15H8Br2F3N3O/c16-9-3-4-11-12(13(9)24)14(15(18,19)20)22-23(11)8-2-1-7(6-21)10(17)5-8/h1-2,5,9H,3-4H2. The molecule has 0 aliphatic heterocycles. The molecule has 2 aromatic rings. The molecule has 0 amide bonds. The van der Waals surface area contributed by atoms with E-state index in [0.29, 0.717) is 22.1 Å². The maximum Gasteiger partial charge on any atom is 0.435 e. The Balaban J connectivity index is 2.24. The molecule has 9 heteroatoms. The van der Waals surface area contributed by atoms with Gasteiger partial charge in [-0.15, -0.1) is 0 Å². The lowest BCUT2D eigenvalue weighted by Crippen LogP contribution is -2.25. The maximum absolute atomic E-state index is 13.3. The number of hydrogen-bond donors (Lipinski definition) is 0. The average Bonchev–Trinajstić information content (AvgIpc) is 2.91. The van der Waals surface area contributed by atoms with Crippen molar-refractivity contribution in [2.45, 2.75) is 23.8 Å². The Morgan fingerprint density at radius 3 is 2.67 bits per heavy atom. The van der Waals surface area contributed by atoms with Gasteiger partial charge in [-0.25, -0.2) is 4.68 Å². The van der Waals surface area contributed by atoms with Gasteiger partial charge in [-0.05, 0) is 47.0 Å². The van der Waals surface area contributed by atoms with Gasteiger partial charge in [-0.1, -0.05) is 15.9 Å². The van der Waals surface area contributed by atoms with Gasteiger partial charge in [-0.3, -0.25) is 4.79 Å². The van der Waals surface area contributed by atoms with Crippen molar-refractivity contribution in [1.29, 1.82) is 5.26 Å². The van der Waals surface area contributed by atoms with Crippen molar-refractivity contribution in [1.82, 2.24) is 9.78 Å². The fourth-order valence-corrected chi connectivity index (χ4v) is 3.55. The molecule has 0 saturated heterocycles. The summed E-state index contributed by atoms with van der Waals surface area (Å²) in [4.78, 5) is 11.6. The van der Waals surface area contributed by atoms with Crippen molar-refractivity contribution in [2.75, 3.05) is 0 Å². The Morgan fingerprint density at radius 2 is 2.08 bits per heavy atom. The van der Waals surface area contributed by atoms with Crippen LogP contribution in [0, 0.1) is 11.3 Å². The molecule has 1 aromatic heterocycles. The van der Waals surface area contributed by atoms with Gasteiger partial charge in [-0.2, -0.15) is 23.5 Å². The minimum Gasteiger partial charge on any atom is -0.293 e. The first-order valence-corrected chi connectivity index (χ1v) is 8.52. The lowest BCUT2D eigenvalue weighted by atomic mass is 9.94. The number of ketones is 1. The molecule has 0 saturated carbocycles. The highest BCUT2D eigenvalue weighted by Gasteiger charge is 2.44. The largest absolute Gasteiger partial charge is 0.435 e. The molecule has 1 aromatic carbocycles. The summed E-state index contributed by atoms with van der Waals surface area (Å²) >= 11 is 6.33. The predicted octanol–water partition coefficient (Wildman–Crippen LogP) is 4.42. The molecule has 1 heterocycles. The topological polar surface area (TPSA) is 58.7 Å². The Kier molecular flexibility index (Phi) is 4.30. The monoisotopic (exact) mass is 461 g/mol.